The van der Waals surface area contributed by atoms with Crippen LogP contribution in [-0.2, 0) is 108 Å². The molecule has 0 spiro atoms. The van der Waals surface area contributed by atoms with Crippen LogP contribution in [-0.4, -0.2) is 174 Å². The number of benzene rings is 2. The molecule has 3 saturated heterocycles. The molecule has 0 radical (unpaired) electrons. The Kier molecular flexibility index (Phi) is 21.6. The molecular formula is C45H58Cl3NO20. The van der Waals surface area contributed by atoms with Crippen LogP contribution in [0.5, 0.6) is 0 Å². The zero-order chi connectivity index (χ0) is 50.4. The van der Waals surface area contributed by atoms with E-state index in [4.69, 9.17) is 116 Å². The lowest BCUT2D eigenvalue weighted by atomic mass is 9.95. The van der Waals surface area contributed by atoms with E-state index in [1.165, 1.54) is 42.5 Å². The molecule has 24 heteroatoms. The van der Waals surface area contributed by atoms with Crippen molar-refractivity contribution in [1.29, 1.82) is 5.41 Å². The fraction of sp³-hybridized carbons (Fsp3) is 0.622. The fourth-order valence-corrected chi connectivity index (χ4v) is 8.08. The van der Waals surface area contributed by atoms with Crippen LogP contribution in [0.1, 0.15) is 31.9 Å². The Morgan fingerprint density at radius 1 is 0.522 bits per heavy atom. The number of methoxy groups -OCH3 is 5. The Morgan fingerprint density at radius 3 is 1.48 bits per heavy atom. The van der Waals surface area contributed by atoms with Crippen molar-refractivity contribution in [2.24, 2.45) is 0 Å². The average molecular weight is 1040 g/mol. The lowest BCUT2D eigenvalue weighted by molar-refractivity contribution is -0.379. The zero-order valence-electron chi connectivity index (χ0n) is 39.1. The molecule has 21 nitrogen and oxygen atoms in total. The molecule has 0 saturated carbocycles. The van der Waals surface area contributed by atoms with Gasteiger partial charge >= 0.3 is 23.9 Å². The van der Waals surface area contributed by atoms with Crippen molar-refractivity contribution < 1.29 is 95.0 Å². The van der Waals surface area contributed by atoms with Crippen LogP contribution < -0.4 is 0 Å². The number of rotatable bonds is 21. The van der Waals surface area contributed by atoms with Gasteiger partial charge < -0.3 is 75.8 Å². The SMILES string of the molecule is CO[C@@H]1[C@@H](OC)[C@@H](O[C@H]2[C@H](OC)[C@@H](OC)[C@@H](O[C@H]3[C@H](OC(C)=O)[C@@H](OCc4ccccc4)[C@H](OC(=N)C(Cl)(Cl)Cl)O[C@@H]3COC(C)=O)O[C@H]2C(=O)OCc2ccccc2)O[C@H](COC(C)=O)[C@H]1OC. The molecule has 0 aromatic heterocycles. The minimum Gasteiger partial charge on any atom is -0.463 e. The second kappa shape index (κ2) is 26.6. The quantitative estimate of drug-likeness (QED) is 0.0616. The number of ether oxygens (including phenoxy) is 16. The standard InChI is InChI=1S/C45H58Cl3NO20/c1-23(50)59-21-28-30(54-4)32(55-5)37(57-7)41(64-28)67-35-33(56-6)38(58-8)42(68-36(35)40(53)62-20-27-17-13-10-14-18-27)66-31-29(22-60-24(2)51)65-43(69-44(49)45(46,47)48)39(34(31)63-25(3)52)61-19-26-15-11-9-12-16-26/h9-18,28-39,41-43,49H,19-22H2,1-8H3/t28-,29-,30-,31-,32+,33+,34+,35+,36-,37-,38-,39-,41-,42+,43+/m1/s1. The molecule has 3 aliphatic rings. The molecule has 0 bridgehead atoms. The lowest BCUT2D eigenvalue weighted by Crippen LogP contribution is -2.68. The number of carbonyl (C=O) groups excluding carboxylic acids is 4. The Bertz CT molecular complexity index is 1970. The van der Waals surface area contributed by atoms with Crippen LogP contribution in [0.2, 0.25) is 0 Å². The van der Waals surface area contributed by atoms with Crippen LogP contribution >= 0.6 is 34.8 Å². The molecule has 0 unspecified atom stereocenters. The highest BCUT2D eigenvalue weighted by molar-refractivity contribution is 6.76. The van der Waals surface area contributed by atoms with Gasteiger partial charge in [0.05, 0.1) is 6.61 Å². The van der Waals surface area contributed by atoms with Gasteiger partial charge in [-0.25, -0.2) is 4.79 Å². The second-order valence-electron chi connectivity index (χ2n) is 15.7. The van der Waals surface area contributed by atoms with Gasteiger partial charge in [0.15, 0.2) is 30.9 Å². The zero-order valence-corrected chi connectivity index (χ0v) is 41.3. The molecule has 1 N–H and O–H groups in total. The van der Waals surface area contributed by atoms with E-state index in [-0.39, 0.29) is 19.8 Å². The number of alkyl halides is 3. The van der Waals surface area contributed by atoms with E-state index in [1.54, 1.807) is 60.7 Å². The molecule has 15 atom stereocenters. The molecule has 3 heterocycles. The summed E-state index contributed by atoms with van der Waals surface area (Å²) in [5, 5.41) is 8.40. The summed E-state index contributed by atoms with van der Waals surface area (Å²) in [6.07, 6.45) is -20.1. The van der Waals surface area contributed by atoms with Gasteiger partial charge in [0.25, 0.3) is 3.79 Å². The third-order valence-electron chi connectivity index (χ3n) is 11.1. The van der Waals surface area contributed by atoms with Crippen LogP contribution in [0, 0.1) is 5.41 Å². The highest BCUT2D eigenvalue weighted by Gasteiger charge is 2.59. The van der Waals surface area contributed by atoms with Crippen molar-refractivity contribution in [2.75, 3.05) is 48.8 Å². The summed E-state index contributed by atoms with van der Waals surface area (Å²) in [5.41, 5.74) is 1.31. The topological polar surface area (TPSA) is 240 Å². The van der Waals surface area contributed by atoms with E-state index in [0.717, 1.165) is 13.8 Å². The van der Waals surface area contributed by atoms with Crippen LogP contribution in [0.4, 0.5) is 0 Å². The molecule has 2 aromatic carbocycles. The van der Waals surface area contributed by atoms with E-state index in [1.807, 2.05) is 0 Å². The average Bonchev–Trinajstić information content (AvgIpc) is 3.32. The normalized spacial score (nSPS) is 31.5. The summed E-state index contributed by atoms with van der Waals surface area (Å²) in [7, 11) is 6.87. The van der Waals surface area contributed by atoms with Gasteiger partial charge in [0, 0.05) is 56.3 Å². The number of hydrogen-bond donors (Lipinski definition) is 1. The molecular weight excluding hydrogens is 981 g/mol. The van der Waals surface area contributed by atoms with Crippen LogP contribution in [0.25, 0.3) is 0 Å². The van der Waals surface area contributed by atoms with E-state index < -0.39 is 132 Å². The van der Waals surface area contributed by atoms with Crippen LogP contribution in [0.3, 0.4) is 0 Å². The fourth-order valence-electron chi connectivity index (χ4n) is 7.94. The van der Waals surface area contributed by atoms with Crippen molar-refractivity contribution in [3.05, 3.63) is 71.8 Å². The van der Waals surface area contributed by atoms with E-state index in [2.05, 4.69) is 0 Å². The van der Waals surface area contributed by atoms with Crippen LogP contribution in [0.15, 0.2) is 60.7 Å². The first-order valence-electron chi connectivity index (χ1n) is 21.5. The molecule has 3 fully saturated rings. The predicted molar refractivity (Wildman–Crippen MR) is 239 cm³/mol. The van der Waals surface area contributed by atoms with Gasteiger partial charge in [0.2, 0.25) is 12.2 Å². The maximum Gasteiger partial charge on any atom is 0.338 e. The second-order valence-corrected chi connectivity index (χ2v) is 18.0. The molecule has 3 aliphatic heterocycles. The van der Waals surface area contributed by atoms with Crippen molar-refractivity contribution in [3.63, 3.8) is 0 Å². The molecule has 69 heavy (non-hydrogen) atoms. The van der Waals surface area contributed by atoms with E-state index >= 15 is 0 Å². The third kappa shape index (κ3) is 15.1. The Balaban J connectivity index is 1.58. The highest BCUT2D eigenvalue weighted by atomic mass is 35.6. The van der Waals surface area contributed by atoms with Gasteiger partial charge in [-0.15, -0.1) is 0 Å². The van der Waals surface area contributed by atoms with Gasteiger partial charge in [-0.05, 0) is 11.1 Å². The van der Waals surface area contributed by atoms with Crippen molar-refractivity contribution in [2.45, 2.75) is 130 Å². The molecule has 0 aliphatic carbocycles. The van der Waals surface area contributed by atoms with Crippen molar-refractivity contribution >= 4 is 64.6 Å². The summed E-state index contributed by atoms with van der Waals surface area (Å²) >= 11 is 18.1. The Labute approximate surface area is 414 Å². The third-order valence-corrected chi connectivity index (χ3v) is 11.6. The number of halogens is 3. The minimum absolute atomic E-state index is 0.127. The Morgan fingerprint density at radius 2 is 0.986 bits per heavy atom. The number of hydrogen-bond acceptors (Lipinski definition) is 21. The maximum atomic E-state index is 14.5. The highest BCUT2D eigenvalue weighted by Crippen LogP contribution is 2.39. The van der Waals surface area contributed by atoms with E-state index in [9.17, 15) is 19.2 Å². The molecule has 0 amide bonds. The van der Waals surface area contributed by atoms with Gasteiger partial charge in [-0.1, -0.05) is 95.5 Å². The molecule has 5 rings (SSSR count). The first-order valence-corrected chi connectivity index (χ1v) is 22.6. The summed E-state index contributed by atoms with van der Waals surface area (Å²) in [6, 6.07) is 17.7. The Hall–Kier alpha value is -3.78. The number of nitrogens with one attached hydrogen (secondary N) is 1. The molecule has 384 valence electrons. The summed E-state index contributed by atoms with van der Waals surface area (Å²) in [5.74, 6) is -3.99. The predicted octanol–water partition coefficient (Wildman–Crippen LogP) is 3.76. The summed E-state index contributed by atoms with van der Waals surface area (Å²) in [6.45, 7) is 2.34. The summed E-state index contributed by atoms with van der Waals surface area (Å²) in [4.78, 5) is 51.7. The number of carbonyl (C=O) groups is 4. The van der Waals surface area contributed by atoms with E-state index in [0.29, 0.717) is 11.1 Å². The smallest absolute Gasteiger partial charge is 0.338 e. The maximum absolute atomic E-state index is 14.5. The lowest BCUT2D eigenvalue weighted by Gasteiger charge is -2.50. The summed E-state index contributed by atoms with van der Waals surface area (Å²) < 4.78 is 94.0. The van der Waals surface area contributed by atoms with Gasteiger partial charge in [-0.3, -0.25) is 19.8 Å². The minimum atomic E-state index is -2.38. The largest absolute Gasteiger partial charge is 0.463 e. The van der Waals surface area contributed by atoms with Crippen molar-refractivity contribution in [3.8, 4) is 0 Å². The first kappa shape index (κ1) is 56.1. The van der Waals surface area contributed by atoms with Crippen molar-refractivity contribution in [1.82, 2.24) is 0 Å². The monoisotopic (exact) mass is 1040 g/mol. The number of esters is 4. The molecule has 2 aromatic rings. The van der Waals surface area contributed by atoms with Gasteiger partial charge in [0.1, 0.15) is 74.8 Å². The first-order chi connectivity index (χ1) is 32.9. The van der Waals surface area contributed by atoms with Gasteiger partial charge in [-0.2, -0.15) is 0 Å².